The first-order valence-corrected chi connectivity index (χ1v) is 25.1. The molecule has 0 aromatic heterocycles. The van der Waals surface area contributed by atoms with Gasteiger partial charge in [-0.05, 0) is 104 Å². The van der Waals surface area contributed by atoms with Crippen LogP contribution < -0.4 is 10.6 Å². The Bertz CT molecular complexity index is 3040. The second-order valence-electron chi connectivity index (χ2n) is 18.1. The average Bonchev–Trinajstić information content (AvgIpc) is 3.44. The summed E-state index contributed by atoms with van der Waals surface area (Å²) in [6.45, 7) is 5.80. The maximum Gasteiger partial charge on any atom is 0.335 e. The third kappa shape index (κ3) is 24.6. The van der Waals surface area contributed by atoms with E-state index in [1.807, 2.05) is 121 Å². The number of hydrogen-bond donors (Lipinski definition) is 5. The molecule has 2 atom stereocenters. The third-order valence-corrected chi connectivity index (χ3v) is 11.4. The first kappa shape index (κ1) is 64.7. The maximum absolute atomic E-state index is 12.6. The molecule has 80 heavy (non-hydrogen) atoms. The molecular weight excluding hydrogens is 1010 g/mol. The molecular formula is C64H67N5O11. The molecule has 6 aromatic carbocycles. The Labute approximate surface area is 468 Å². The first-order chi connectivity index (χ1) is 38.4. The molecule has 5 N–H and O–H groups in total. The van der Waals surface area contributed by atoms with E-state index in [2.05, 4.69) is 28.4 Å². The Morgan fingerprint density at radius 3 is 1.12 bits per heavy atom. The van der Waals surface area contributed by atoms with Gasteiger partial charge in [-0.1, -0.05) is 127 Å². The number of ether oxygens (including phenoxy) is 1. The van der Waals surface area contributed by atoms with E-state index in [-0.39, 0.29) is 24.5 Å². The smallest absolute Gasteiger partial charge is 0.335 e. The first-order valence-electron chi connectivity index (χ1n) is 25.1. The van der Waals surface area contributed by atoms with Gasteiger partial charge < -0.3 is 30.7 Å². The van der Waals surface area contributed by atoms with E-state index in [9.17, 15) is 38.7 Å². The number of carbonyl (C=O) groups excluding carboxylic acids is 4. The molecule has 0 bridgehead atoms. The lowest BCUT2D eigenvalue weighted by Gasteiger charge is -2.18. The van der Waals surface area contributed by atoms with Crippen molar-refractivity contribution in [3.8, 4) is 37.0 Å². The van der Waals surface area contributed by atoms with E-state index in [1.165, 1.54) is 24.3 Å². The number of nitrogens with zero attached hydrogens (tertiary/aromatic N) is 3. The molecule has 0 saturated carbocycles. The molecule has 0 radical (unpaired) electrons. The van der Waals surface area contributed by atoms with E-state index in [1.54, 1.807) is 55.5 Å². The molecule has 2 unspecified atom stereocenters. The summed E-state index contributed by atoms with van der Waals surface area (Å²) in [6.07, 6.45) is 17.1. The van der Waals surface area contributed by atoms with Gasteiger partial charge in [-0.25, -0.2) is 19.2 Å². The fraction of sp³-hybridized carbons (Fsp3) is 0.234. The van der Waals surface area contributed by atoms with Crippen molar-refractivity contribution in [2.75, 3.05) is 47.4 Å². The van der Waals surface area contributed by atoms with Gasteiger partial charge in [-0.2, -0.15) is 0 Å². The highest BCUT2D eigenvalue weighted by Crippen LogP contribution is 2.12. The van der Waals surface area contributed by atoms with Gasteiger partial charge in [0.25, 0.3) is 11.8 Å². The standard InChI is InChI=1S/C23H26N2O3.C21H22N2O3.C12H13NO2.C8H6O3/c1-4-15-25(3)17-19-11-13-20(14-12-19)22(26)24-21(23(27)28-5-2)16-18-9-7-6-8-10-18;1-3-13-23(2)15-17-9-11-18(12-10-17)20(24)22-19(21(25)26)14-16-7-5-4-6-8-16;1-3-8-13(2)9-10-4-6-11(7-5-10)12(14)15;9-5-6-1-3-7(4-2-6)8(10)11/h1,6-14,21H,5,15-17H2,2-3H3,(H,24,26);1,4-12,19H,13-15H2,2H3,(H,22,24)(H,25,26);1,4-7H,8-9H2,2H3,(H,14,15);1-5H,(H,10,11). The highest BCUT2D eigenvalue weighted by molar-refractivity contribution is 5.97. The molecule has 0 spiro atoms. The lowest BCUT2D eigenvalue weighted by Crippen LogP contribution is -2.43. The van der Waals surface area contributed by atoms with Gasteiger partial charge in [0.05, 0.1) is 37.4 Å². The third-order valence-electron chi connectivity index (χ3n) is 11.4. The molecule has 0 aliphatic carbocycles. The van der Waals surface area contributed by atoms with Gasteiger partial charge in [0.1, 0.15) is 18.4 Å². The molecule has 0 heterocycles. The topological polar surface area (TPSA) is 223 Å². The largest absolute Gasteiger partial charge is 0.480 e. The van der Waals surface area contributed by atoms with Crippen LogP contribution in [0.4, 0.5) is 0 Å². The van der Waals surface area contributed by atoms with Crippen LogP contribution >= 0.6 is 0 Å². The Kier molecular flexibility index (Phi) is 28.8. The number of aromatic carboxylic acids is 2. The summed E-state index contributed by atoms with van der Waals surface area (Å²) >= 11 is 0. The van der Waals surface area contributed by atoms with Crippen LogP contribution in [0.25, 0.3) is 0 Å². The van der Waals surface area contributed by atoms with Crippen molar-refractivity contribution in [1.29, 1.82) is 0 Å². The lowest BCUT2D eigenvalue weighted by atomic mass is 10.0. The number of hydrogen-bond acceptors (Lipinski definition) is 11. The normalized spacial score (nSPS) is 10.9. The Morgan fingerprint density at radius 2 is 0.812 bits per heavy atom. The summed E-state index contributed by atoms with van der Waals surface area (Å²) in [6, 6.07) is 43.9. The zero-order valence-corrected chi connectivity index (χ0v) is 45.3. The second-order valence-corrected chi connectivity index (χ2v) is 18.1. The van der Waals surface area contributed by atoms with Gasteiger partial charge in [0.15, 0.2) is 0 Å². The summed E-state index contributed by atoms with van der Waals surface area (Å²) in [4.78, 5) is 85.8. The molecule has 0 saturated heterocycles. The van der Waals surface area contributed by atoms with Crippen molar-refractivity contribution < 1.29 is 53.6 Å². The minimum atomic E-state index is -1.06. The van der Waals surface area contributed by atoms with E-state index in [0.29, 0.717) is 67.7 Å². The van der Waals surface area contributed by atoms with Gasteiger partial charge in [-0.15, -0.1) is 19.3 Å². The van der Waals surface area contributed by atoms with Gasteiger partial charge in [0.2, 0.25) is 0 Å². The summed E-state index contributed by atoms with van der Waals surface area (Å²) in [5, 5.41) is 31.9. The van der Waals surface area contributed by atoms with E-state index < -0.39 is 41.9 Å². The number of terminal acetylenes is 3. The number of carbonyl (C=O) groups is 7. The number of aliphatic carboxylic acids is 1. The number of benzene rings is 6. The second kappa shape index (κ2) is 35.7. The maximum atomic E-state index is 12.6. The van der Waals surface area contributed by atoms with E-state index in [0.717, 1.165) is 34.4 Å². The number of aldehydes is 1. The van der Waals surface area contributed by atoms with Crippen molar-refractivity contribution in [3.05, 3.63) is 213 Å². The zero-order valence-electron chi connectivity index (χ0n) is 45.3. The quantitative estimate of drug-likeness (QED) is 0.0239. The van der Waals surface area contributed by atoms with Crippen molar-refractivity contribution >= 4 is 42.0 Å². The number of amides is 2. The summed E-state index contributed by atoms with van der Waals surface area (Å²) in [5.74, 6) is 3.62. The lowest BCUT2D eigenvalue weighted by molar-refractivity contribution is -0.145. The molecule has 6 aromatic rings. The van der Waals surface area contributed by atoms with Crippen molar-refractivity contribution in [2.45, 2.75) is 51.5 Å². The molecule has 0 aliphatic rings. The molecule has 414 valence electrons. The Hall–Kier alpha value is -9.63. The summed E-state index contributed by atoms with van der Waals surface area (Å²) < 4.78 is 5.12. The summed E-state index contributed by atoms with van der Waals surface area (Å²) in [5.41, 5.74) is 6.83. The fourth-order valence-corrected chi connectivity index (χ4v) is 7.37. The number of carboxylic acid groups (broad SMARTS) is 3. The van der Waals surface area contributed by atoms with Crippen molar-refractivity contribution in [2.24, 2.45) is 0 Å². The fourth-order valence-electron chi connectivity index (χ4n) is 7.37. The van der Waals surface area contributed by atoms with Crippen LogP contribution in [-0.2, 0) is 46.8 Å². The van der Waals surface area contributed by atoms with Crippen LogP contribution in [0.1, 0.15) is 86.5 Å². The van der Waals surface area contributed by atoms with Crippen LogP contribution in [0.15, 0.2) is 158 Å². The molecule has 6 rings (SSSR count). The Morgan fingerprint density at radius 1 is 0.487 bits per heavy atom. The zero-order chi connectivity index (χ0) is 58.8. The van der Waals surface area contributed by atoms with Crippen molar-refractivity contribution in [1.82, 2.24) is 25.3 Å². The van der Waals surface area contributed by atoms with Gasteiger partial charge >= 0.3 is 23.9 Å². The van der Waals surface area contributed by atoms with E-state index >= 15 is 0 Å². The highest BCUT2D eigenvalue weighted by atomic mass is 16.5. The van der Waals surface area contributed by atoms with Crippen LogP contribution in [0.2, 0.25) is 0 Å². The summed E-state index contributed by atoms with van der Waals surface area (Å²) in [7, 11) is 5.78. The van der Waals surface area contributed by atoms with Crippen LogP contribution in [-0.4, -0.2) is 131 Å². The minimum absolute atomic E-state index is 0.190. The van der Waals surface area contributed by atoms with Gasteiger partial charge in [-0.3, -0.25) is 29.1 Å². The predicted molar refractivity (Wildman–Crippen MR) is 308 cm³/mol. The molecule has 0 fully saturated rings. The van der Waals surface area contributed by atoms with Gasteiger partial charge in [0, 0.05) is 49.2 Å². The number of carboxylic acids is 3. The van der Waals surface area contributed by atoms with Crippen LogP contribution in [0, 0.1) is 37.0 Å². The number of nitrogens with one attached hydrogen (secondary N) is 2. The minimum Gasteiger partial charge on any atom is -0.480 e. The Balaban J connectivity index is 0.000000297. The SMILES string of the molecule is C#CCN(C)Cc1ccc(C(=O)NC(Cc2ccccc2)C(=O)O)cc1.C#CCN(C)Cc1ccc(C(=O)NC(Cc2ccccc2)C(=O)OCC)cc1.C#CCN(C)Cc1ccc(C(=O)O)cc1.O=Cc1ccc(C(=O)O)cc1. The van der Waals surface area contributed by atoms with Crippen molar-refractivity contribution in [3.63, 3.8) is 0 Å². The molecule has 2 amide bonds. The van der Waals surface area contributed by atoms with Crippen LogP contribution in [0.3, 0.4) is 0 Å². The predicted octanol–water partition coefficient (Wildman–Crippen LogP) is 7.48. The molecule has 0 aliphatic heterocycles. The molecule has 16 nitrogen and oxygen atoms in total. The highest BCUT2D eigenvalue weighted by Gasteiger charge is 2.24. The monoisotopic (exact) mass is 1080 g/mol. The molecule has 16 heteroatoms. The number of esters is 1. The van der Waals surface area contributed by atoms with E-state index in [4.69, 9.17) is 34.2 Å². The number of rotatable bonds is 23. The average molecular weight is 1080 g/mol. The van der Waals surface area contributed by atoms with Crippen LogP contribution in [0.5, 0.6) is 0 Å².